The number of hydrogen-bond donors (Lipinski definition) is 1. The van der Waals surface area contributed by atoms with Gasteiger partial charge in [-0.25, -0.2) is 4.68 Å². The van der Waals surface area contributed by atoms with E-state index in [2.05, 4.69) is 10.4 Å². The Morgan fingerprint density at radius 2 is 1.84 bits per heavy atom. The summed E-state index contributed by atoms with van der Waals surface area (Å²) < 4.78 is 1.63. The first-order valence-electron chi connectivity index (χ1n) is 7.63. The van der Waals surface area contributed by atoms with Crippen LogP contribution in [0.3, 0.4) is 0 Å². The quantitative estimate of drug-likeness (QED) is 0.581. The van der Waals surface area contributed by atoms with E-state index in [4.69, 9.17) is 0 Å². The first-order chi connectivity index (χ1) is 11.9. The topological polar surface area (TPSA) is 90.1 Å². The van der Waals surface area contributed by atoms with Crippen molar-refractivity contribution in [3.05, 3.63) is 81.5 Å². The van der Waals surface area contributed by atoms with Gasteiger partial charge in [-0.3, -0.25) is 14.9 Å². The molecule has 3 aromatic rings. The minimum atomic E-state index is -0.530. The van der Waals surface area contributed by atoms with Gasteiger partial charge in [-0.05, 0) is 32.0 Å². The fraction of sp³-hybridized carbons (Fsp3) is 0.111. The van der Waals surface area contributed by atoms with E-state index in [1.54, 1.807) is 10.7 Å². The Morgan fingerprint density at radius 3 is 2.52 bits per heavy atom. The molecule has 1 N–H and O–H groups in total. The van der Waals surface area contributed by atoms with Crippen LogP contribution >= 0.6 is 0 Å². The molecule has 0 fully saturated rings. The fourth-order valence-electron chi connectivity index (χ4n) is 2.42. The molecule has 0 atom stereocenters. The molecule has 0 radical (unpaired) electrons. The number of aryl methyl sites for hydroxylation is 2. The first kappa shape index (κ1) is 16.4. The molecule has 3 rings (SSSR count). The molecule has 0 unspecified atom stereocenters. The minimum Gasteiger partial charge on any atom is -0.306 e. The number of rotatable bonds is 4. The minimum absolute atomic E-state index is 0.129. The third-order valence-electron chi connectivity index (χ3n) is 3.67. The number of nitrogens with zero attached hydrogens (tertiary/aromatic N) is 3. The Bertz CT molecular complexity index is 945. The van der Waals surface area contributed by atoms with Crippen molar-refractivity contribution in [3.63, 3.8) is 0 Å². The summed E-state index contributed by atoms with van der Waals surface area (Å²) in [5.41, 5.74) is 2.76. The zero-order chi connectivity index (χ0) is 18.0. The molecule has 1 heterocycles. The van der Waals surface area contributed by atoms with Crippen molar-refractivity contribution < 1.29 is 9.72 Å². The molecule has 7 nitrogen and oxygen atoms in total. The highest BCUT2D eigenvalue weighted by molar-refractivity contribution is 6.04. The molecule has 0 aliphatic carbocycles. The number of non-ortho nitro benzene ring substituents is 1. The number of benzene rings is 2. The van der Waals surface area contributed by atoms with Crippen molar-refractivity contribution in [2.24, 2.45) is 0 Å². The maximum Gasteiger partial charge on any atom is 0.270 e. The third-order valence-corrected chi connectivity index (χ3v) is 3.67. The van der Waals surface area contributed by atoms with Gasteiger partial charge in [-0.1, -0.05) is 23.8 Å². The van der Waals surface area contributed by atoms with E-state index < -0.39 is 10.8 Å². The summed E-state index contributed by atoms with van der Waals surface area (Å²) in [5.74, 6) is 0.0646. The lowest BCUT2D eigenvalue weighted by Crippen LogP contribution is -2.15. The zero-order valence-electron chi connectivity index (χ0n) is 13.8. The molecule has 0 saturated carbocycles. The van der Waals surface area contributed by atoms with E-state index in [-0.39, 0.29) is 11.3 Å². The first-order valence-corrected chi connectivity index (χ1v) is 7.63. The van der Waals surface area contributed by atoms with Gasteiger partial charge in [0, 0.05) is 23.8 Å². The summed E-state index contributed by atoms with van der Waals surface area (Å²) in [7, 11) is 0. The van der Waals surface area contributed by atoms with E-state index in [0.29, 0.717) is 5.82 Å². The highest BCUT2D eigenvalue weighted by Gasteiger charge is 2.15. The molecule has 2 aromatic carbocycles. The maximum atomic E-state index is 12.5. The fourth-order valence-corrected chi connectivity index (χ4v) is 2.42. The summed E-state index contributed by atoms with van der Waals surface area (Å²) in [5, 5.41) is 18.0. The van der Waals surface area contributed by atoms with Crippen LogP contribution in [0.2, 0.25) is 0 Å². The Morgan fingerprint density at radius 1 is 1.12 bits per heavy atom. The van der Waals surface area contributed by atoms with Crippen molar-refractivity contribution in [2.45, 2.75) is 13.8 Å². The van der Waals surface area contributed by atoms with E-state index in [1.165, 1.54) is 24.3 Å². The summed E-state index contributed by atoms with van der Waals surface area (Å²) >= 11 is 0. The average Bonchev–Trinajstić information content (AvgIpc) is 2.96. The molecule has 25 heavy (non-hydrogen) atoms. The standard InChI is InChI=1S/C18H16N4O3/c1-12-6-8-15(9-7-12)21-17(10-13(2)20-21)19-18(23)14-4-3-5-16(11-14)22(24)25/h3-11H,1-2H3,(H,19,23). The van der Waals surface area contributed by atoms with Crippen LogP contribution < -0.4 is 5.32 Å². The lowest BCUT2D eigenvalue weighted by atomic mass is 10.2. The molecular formula is C18H16N4O3. The second kappa shape index (κ2) is 6.56. The van der Waals surface area contributed by atoms with Gasteiger partial charge in [0.05, 0.1) is 16.3 Å². The van der Waals surface area contributed by atoms with Gasteiger partial charge >= 0.3 is 0 Å². The van der Waals surface area contributed by atoms with Gasteiger partial charge in [-0.2, -0.15) is 5.10 Å². The second-order valence-electron chi connectivity index (χ2n) is 5.68. The van der Waals surface area contributed by atoms with E-state index >= 15 is 0 Å². The molecular weight excluding hydrogens is 320 g/mol. The molecule has 0 saturated heterocycles. The van der Waals surface area contributed by atoms with Crippen molar-refractivity contribution in [1.82, 2.24) is 9.78 Å². The lowest BCUT2D eigenvalue weighted by molar-refractivity contribution is -0.384. The molecule has 1 amide bonds. The van der Waals surface area contributed by atoms with Crippen LogP contribution in [0.15, 0.2) is 54.6 Å². The van der Waals surface area contributed by atoms with Crippen molar-refractivity contribution >= 4 is 17.4 Å². The number of anilines is 1. The zero-order valence-corrected chi connectivity index (χ0v) is 13.8. The summed E-state index contributed by atoms with van der Waals surface area (Å²) in [4.78, 5) is 22.8. The number of nitrogens with one attached hydrogen (secondary N) is 1. The largest absolute Gasteiger partial charge is 0.306 e. The number of hydrogen-bond acceptors (Lipinski definition) is 4. The monoisotopic (exact) mass is 336 g/mol. The van der Waals surface area contributed by atoms with E-state index in [1.807, 2.05) is 38.1 Å². The molecule has 1 aromatic heterocycles. The van der Waals surface area contributed by atoms with Crippen LogP contribution in [-0.4, -0.2) is 20.6 Å². The number of nitro groups is 1. The number of carbonyl (C=O) groups excluding carboxylic acids is 1. The number of carbonyl (C=O) groups is 1. The summed E-state index contributed by atoms with van der Waals surface area (Å²) in [6.45, 7) is 3.82. The van der Waals surface area contributed by atoms with E-state index in [9.17, 15) is 14.9 Å². The number of nitro benzene ring substituents is 1. The second-order valence-corrected chi connectivity index (χ2v) is 5.68. The van der Waals surface area contributed by atoms with Gasteiger partial charge < -0.3 is 5.32 Å². The van der Waals surface area contributed by atoms with E-state index in [0.717, 1.165) is 16.9 Å². The Kier molecular flexibility index (Phi) is 4.30. The summed E-state index contributed by atoms with van der Waals surface area (Å²) in [6.07, 6.45) is 0. The van der Waals surface area contributed by atoms with Crippen LogP contribution in [0.4, 0.5) is 11.5 Å². The molecule has 126 valence electrons. The molecule has 0 bridgehead atoms. The van der Waals surface area contributed by atoms with Crippen molar-refractivity contribution in [3.8, 4) is 5.69 Å². The Balaban J connectivity index is 1.90. The maximum absolute atomic E-state index is 12.5. The third kappa shape index (κ3) is 3.55. The van der Waals surface area contributed by atoms with Gasteiger partial charge in [0.15, 0.2) is 0 Å². The predicted molar refractivity (Wildman–Crippen MR) is 94.1 cm³/mol. The Labute approximate surface area is 144 Å². The molecule has 0 aliphatic heterocycles. The molecule has 0 aliphatic rings. The number of amides is 1. The van der Waals surface area contributed by atoms with Gasteiger partial charge in [0.2, 0.25) is 0 Å². The van der Waals surface area contributed by atoms with Crippen molar-refractivity contribution in [1.29, 1.82) is 0 Å². The highest BCUT2D eigenvalue weighted by Crippen LogP contribution is 2.19. The normalized spacial score (nSPS) is 10.5. The van der Waals surface area contributed by atoms with Crippen LogP contribution in [0.1, 0.15) is 21.6 Å². The van der Waals surface area contributed by atoms with Crippen LogP contribution in [0.25, 0.3) is 5.69 Å². The van der Waals surface area contributed by atoms with Gasteiger partial charge in [0.1, 0.15) is 5.82 Å². The van der Waals surface area contributed by atoms with Gasteiger partial charge in [-0.15, -0.1) is 0 Å². The van der Waals surface area contributed by atoms with Crippen LogP contribution in [0, 0.1) is 24.0 Å². The van der Waals surface area contributed by atoms with Crippen LogP contribution in [0.5, 0.6) is 0 Å². The molecule has 7 heteroatoms. The smallest absolute Gasteiger partial charge is 0.270 e. The average molecular weight is 336 g/mol. The summed E-state index contributed by atoms with van der Waals surface area (Å²) in [6, 6.07) is 15.1. The number of aromatic nitrogens is 2. The lowest BCUT2D eigenvalue weighted by Gasteiger charge is -2.09. The highest BCUT2D eigenvalue weighted by atomic mass is 16.6. The van der Waals surface area contributed by atoms with Crippen molar-refractivity contribution in [2.75, 3.05) is 5.32 Å². The SMILES string of the molecule is Cc1ccc(-n2nc(C)cc2NC(=O)c2cccc([N+](=O)[O-])c2)cc1. The van der Waals surface area contributed by atoms with Gasteiger partial charge in [0.25, 0.3) is 11.6 Å². The predicted octanol–water partition coefficient (Wildman–Crippen LogP) is 3.65. The Hall–Kier alpha value is -3.48. The molecule has 0 spiro atoms. The van der Waals surface area contributed by atoms with Crippen LogP contribution in [-0.2, 0) is 0 Å².